The molecule has 2 atom stereocenters. The number of carbonyl (C=O) groups is 1. The third kappa shape index (κ3) is 1.05. The van der Waals surface area contributed by atoms with Crippen molar-refractivity contribution in [3.05, 3.63) is 24.8 Å². The molecule has 0 radical (unpaired) electrons. The van der Waals surface area contributed by atoms with Crippen molar-refractivity contribution in [3.8, 4) is 0 Å². The lowest BCUT2D eigenvalue weighted by atomic mass is 9.60. The number of hydrogen-bond acceptors (Lipinski definition) is 1. The predicted molar refractivity (Wildman–Crippen MR) is 46.2 cm³/mol. The highest BCUT2D eigenvalue weighted by Crippen LogP contribution is 2.44. The van der Waals surface area contributed by atoms with E-state index >= 15 is 0 Å². The van der Waals surface area contributed by atoms with Crippen molar-refractivity contribution in [1.82, 2.24) is 0 Å². The Kier molecular flexibility index (Phi) is 1.99. The van der Waals surface area contributed by atoms with Gasteiger partial charge in [-0.3, -0.25) is 4.79 Å². The molecule has 1 aliphatic rings. The lowest BCUT2D eigenvalue weighted by molar-refractivity contribution is -0.137. The molecule has 2 unspecified atom stereocenters. The van der Waals surface area contributed by atoms with E-state index in [4.69, 9.17) is 0 Å². The largest absolute Gasteiger partial charge is 0.299 e. The second-order valence-corrected chi connectivity index (χ2v) is 3.25. The minimum atomic E-state index is -0.271. The highest BCUT2D eigenvalue weighted by molar-refractivity contribution is 5.93. The molecular formula is C10H14O. The molecule has 0 heterocycles. The van der Waals surface area contributed by atoms with E-state index in [9.17, 15) is 4.79 Å². The number of ketones is 1. The van der Waals surface area contributed by atoms with Crippen LogP contribution in [0.15, 0.2) is 24.8 Å². The lowest BCUT2D eigenvalue weighted by Crippen LogP contribution is -2.45. The molecule has 1 nitrogen and oxygen atoms in total. The first-order valence-electron chi connectivity index (χ1n) is 3.95. The summed E-state index contributed by atoms with van der Waals surface area (Å²) in [4.78, 5) is 11.2. The van der Waals surface area contributed by atoms with Crippen molar-refractivity contribution in [2.75, 3.05) is 0 Å². The van der Waals surface area contributed by atoms with Crippen LogP contribution in [-0.2, 0) is 4.79 Å². The van der Waals surface area contributed by atoms with E-state index < -0.39 is 0 Å². The average Bonchev–Trinajstić information content (AvgIpc) is 2.03. The van der Waals surface area contributed by atoms with Crippen LogP contribution >= 0.6 is 0 Å². The topological polar surface area (TPSA) is 17.1 Å². The number of rotatable bonds is 2. The van der Waals surface area contributed by atoms with Crippen LogP contribution in [0.5, 0.6) is 0 Å². The number of hydrogen-bond donors (Lipinski definition) is 0. The van der Waals surface area contributed by atoms with E-state index in [0.717, 1.165) is 0 Å². The maximum Gasteiger partial charge on any atom is 0.143 e. The fraction of sp³-hybridized carbons (Fsp3) is 0.500. The summed E-state index contributed by atoms with van der Waals surface area (Å²) in [7, 11) is 0. The third-order valence-electron chi connectivity index (χ3n) is 2.63. The Morgan fingerprint density at radius 3 is 2.73 bits per heavy atom. The highest BCUT2D eigenvalue weighted by atomic mass is 16.1. The zero-order valence-electron chi connectivity index (χ0n) is 7.13. The molecule has 1 rings (SSSR count). The van der Waals surface area contributed by atoms with Gasteiger partial charge in [0.1, 0.15) is 5.78 Å². The van der Waals surface area contributed by atoms with Crippen LogP contribution in [0.1, 0.15) is 20.3 Å². The van der Waals surface area contributed by atoms with Crippen LogP contribution in [0.4, 0.5) is 0 Å². The van der Waals surface area contributed by atoms with E-state index in [1.165, 1.54) is 0 Å². The van der Waals surface area contributed by atoms with Crippen molar-refractivity contribution in [2.45, 2.75) is 20.3 Å². The molecule has 1 saturated carbocycles. The Bertz CT molecular complexity index is 215. The first kappa shape index (κ1) is 8.25. The minimum absolute atomic E-state index is 0.271. The second-order valence-electron chi connectivity index (χ2n) is 3.25. The summed E-state index contributed by atoms with van der Waals surface area (Å²) >= 11 is 0. The second kappa shape index (κ2) is 2.65. The summed E-state index contributed by atoms with van der Waals surface area (Å²) in [6.07, 6.45) is 6.54. The molecule has 0 aromatic heterocycles. The van der Waals surface area contributed by atoms with Gasteiger partial charge in [-0.2, -0.15) is 0 Å². The Balaban J connectivity index is 2.76. The third-order valence-corrected chi connectivity index (χ3v) is 2.63. The fourth-order valence-corrected chi connectivity index (χ4v) is 1.47. The molecule has 0 aromatic rings. The van der Waals surface area contributed by atoms with E-state index in [2.05, 4.69) is 12.7 Å². The van der Waals surface area contributed by atoms with Crippen LogP contribution < -0.4 is 0 Å². The quantitative estimate of drug-likeness (QED) is 0.552. The molecule has 0 saturated heterocycles. The van der Waals surface area contributed by atoms with Crippen LogP contribution in [0.25, 0.3) is 0 Å². The first-order chi connectivity index (χ1) is 5.15. The van der Waals surface area contributed by atoms with Crippen LogP contribution in [-0.4, -0.2) is 5.78 Å². The Morgan fingerprint density at radius 2 is 2.36 bits per heavy atom. The molecule has 0 amide bonds. The van der Waals surface area contributed by atoms with Gasteiger partial charge >= 0.3 is 0 Å². The molecule has 1 fully saturated rings. The maximum atomic E-state index is 11.2. The standard InChI is InChI=1S/C10H14O/c1-4-6-8-7-9(11)10(8,3)5-2/h4-6,8H,2,7H2,1,3H3/b6-4+. The van der Waals surface area contributed by atoms with E-state index in [-0.39, 0.29) is 5.41 Å². The molecule has 0 spiro atoms. The molecule has 0 bridgehead atoms. The summed E-state index contributed by atoms with van der Waals surface area (Å²) < 4.78 is 0. The average molecular weight is 150 g/mol. The molecular weight excluding hydrogens is 136 g/mol. The van der Waals surface area contributed by atoms with Crippen molar-refractivity contribution in [3.63, 3.8) is 0 Å². The van der Waals surface area contributed by atoms with Crippen LogP contribution in [0.3, 0.4) is 0 Å². The SMILES string of the molecule is C=CC1(C)C(=O)CC1/C=C/C. The predicted octanol–water partition coefficient (Wildman–Crippen LogP) is 2.34. The van der Waals surface area contributed by atoms with Gasteiger partial charge in [0.15, 0.2) is 0 Å². The van der Waals surface area contributed by atoms with Gasteiger partial charge in [0.2, 0.25) is 0 Å². The molecule has 1 aliphatic carbocycles. The van der Waals surface area contributed by atoms with Crippen molar-refractivity contribution >= 4 is 5.78 Å². The Labute approximate surface area is 67.8 Å². The molecule has 60 valence electrons. The number of Topliss-reactive ketones (excluding diaryl/α,β-unsaturated/α-hetero) is 1. The van der Waals surface area contributed by atoms with Gasteiger partial charge in [-0.15, -0.1) is 6.58 Å². The zero-order chi connectivity index (χ0) is 8.48. The van der Waals surface area contributed by atoms with Crippen LogP contribution in [0.2, 0.25) is 0 Å². The van der Waals surface area contributed by atoms with Gasteiger partial charge in [0.25, 0.3) is 0 Å². The summed E-state index contributed by atoms with van der Waals surface area (Å²) in [5, 5.41) is 0. The highest BCUT2D eigenvalue weighted by Gasteiger charge is 2.46. The first-order valence-corrected chi connectivity index (χ1v) is 3.95. The van der Waals surface area contributed by atoms with Gasteiger partial charge in [0, 0.05) is 6.42 Å². The van der Waals surface area contributed by atoms with Gasteiger partial charge < -0.3 is 0 Å². The van der Waals surface area contributed by atoms with E-state index in [1.807, 2.05) is 19.9 Å². The molecule has 1 heteroatoms. The van der Waals surface area contributed by atoms with Gasteiger partial charge in [0.05, 0.1) is 5.41 Å². The Morgan fingerprint density at radius 1 is 1.73 bits per heavy atom. The number of allylic oxidation sites excluding steroid dienone is 3. The van der Waals surface area contributed by atoms with Crippen molar-refractivity contribution < 1.29 is 4.79 Å². The fourth-order valence-electron chi connectivity index (χ4n) is 1.47. The van der Waals surface area contributed by atoms with Gasteiger partial charge in [-0.05, 0) is 19.8 Å². The summed E-state index contributed by atoms with van der Waals surface area (Å²) in [6, 6.07) is 0. The molecule has 0 aromatic carbocycles. The summed E-state index contributed by atoms with van der Waals surface area (Å²) in [6.45, 7) is 7.62. The van der Waals surface area contributed by atoms with Crippen molar-refractivity contribution in [1.29, 1.82) is 0 Å². The maximum absolute atomic E-state index is 11.2. The molecule has 0 aliphatic heterocycles. The smallest absolute Gasteiger partial charge is 0.143 e. The number of carbonyl (C=O) groups excluding carboxylic acids is 1. The monoisotopic (exact) mass is 150 g/mol. The zero-order valence-corrected chi connectivity index (χ0v) is 7.13. The van der Waals surface area contributed by atoms with E-state index in [1.54, 1.807) is 6.08 Å². The molecule has 11 heavy (non-hydrogen) atoms. The van der Waals surface area contributed by atoms with Gasteiger partial charge in [-0.1, -0.05) is 18.2 Å². The lowest BCUT2D eigenvalue weighted by Gasteiger charge is -2.41. The van der Waals surface area contributed by atoms with Crippen LogP contribution in [0, 0.1) is 11.3 Å². The summed E-state index contributed by atoms with van der Waals surface area (Å²) in [5.74, 6) is 0.702. The van der Waals surface area contributed by atoms with Crippen molar-refractivity contribution in [2.24, 2.45) is 11.3 Å². The van der Waals surface area contributed by atoms with E-state index in [0.29, 0.717) is 18.1 Å². The summed E-state index contributed by atoms with van der Waals surface area (Å²) in [5.41, 5.74) is -0.271. The van der Waals surface area contributed by atoms with Gasteiger partial charge in [-0.25, -0.2) is 0 Å². The normalized spacial score (nSPS) is 37.3. The minimum Gasteiger partial charge on any atom is -0.299 e. The Hall–Kier alpha value is -0.850. The molecule has 0 N–H and O–H groups in total.